The molecule has 0 aliphatic heterocycles. The molecule has 3 N–H and O–H groups in total. The number of sulfonamides is 1. The lowest BCUT2D eigenvalue weighted by Crippen LogP contribution is -2.38. The summed E-state index contributed by atoms with van der Waals surface area (Å²) in [5.41, 5.74) is 0.456. The van der Waals surface area contributed by atoms with Crippen molar-refractivity contribution in [2.24, 2.45) is 0 Å². The van der Waals surface area contributed by atoms with Crippen molar-refractivity contribution in [3.8, 4) is 0 Å². The predicted octanol–water partition coefficient (Wildman–Crippen LogP) is 1.49. The normalized spacial score (nSPS) is 13.8. The van der Waals surface area contributed by atoms with Gasteiger partial charge in [0, 0.05) is 25.0 Å². The van der Waals surface area contributed by atoms with Crippen LogP contribution in [0.5, 0.6) is 0 Å². The monoisotopic (exact) mass is 316 g/mol. The highest BCUT2D eigenvalue weighted by molar-refractivity contribution is 7.89. The summed E-state index contributed by atoms with van der Waals surface area (Å²) in [6, 6.07) is 1.62. The number of nitrogens with one attached hydrogen (secondary N) is 3. The number of H-pyrrole nitrogens is 1. The number of hydrogen-bond acceptors (Lipinski definition) is 4. The molecule has 0 saturated carbocycles. The molecule has 2 heterocycles. The third-order valence-electron chi connectivity index (χ3n) is 2.91. The second-order valence-corrected chi connectivity index (χ2v) is 6.62. The van der Waals surface area contributed by atoms with E-state index < -0.39 is 10.0 Å². The average Bonchev–Trinajstić information content (AvgIpc) is 2.83. The van der Waals surface area contributed by atoms with Gasteiger partial charge in [-0.1, -0.05) is 18.5 Å². The van der Waals surface area contributed by atoms with Crippen LogP contribution in [0.2, 0.25) is 5.02 Å². The first-order valence-corrected chi connectivity index (χ1v) is 8.16. The van der Waals surface area contributed by atoms with Gasteiger partial charge in [0.25, 0.3) is 0 Å². The van der Waals surface area contributed by atoms with Crippen molar-refractivity contribution in [1.29, 1.82) is 0 Å². The van der Waals surface area contributed by atoms with E-state index in [0.29, 0.717) is 22.6 Å². The Hall–Kier alpha value is -1.15. The van der Waals surface area contributed by atoms with Crippen molar-refractivity contribution < 1.29 is 8.42 Å². The van der Waals surface area contributed by atoms with Crippen LogP contribution >= 0.6 is 11.6 Å². The highest BCUT2D eigenvalue weighted by atomic mass is 35.5. The Kier molecular flexibility index (Phi) is 4.64. The maximum absolute atomic E-state index is 12.3. The van der Waals surface area contributed by atoms with Gasteiger partial charge in [0.1, 0.15) is 10.5 Å². The number of fused-ring (bicyclic) bond motifs is 1. The molecule has 0 amide bonds. The lowest BCUT2D eigenvalue weighted by Gasteiger charge is -2.13. The highest BCUT2D eigenvalue weighted by Crippen LogP contribution is 2.27. The van der Waals surface area contributed by atoms with Crippen molar-refractivity contribution in [3.05, 3.63) is 23.5 Å². The second kappa shape index (κ2) is 6.09. The summed E-state index contributed by atoms with van der Waals surface area (Å²) in [7, 11) is -3.63. The standard InChI is InChI=1S/C12H17ClN4O2S/c1-3-14-8(2)6-17-20(18,19)10-7-16-12-11(10)9(13)4-5-15-12/h4-5,7-8,14,17H,3,6H2,1-2H3,(H,15,16)/t8-/m1/s1. The lowest BCUT2D eigenvalue weighted by molar-refractivity contribution is 0.536. The van der Waals surface area contributed by atoms with E-state index >= 15 is 0 Å². The van der Waals surface area contributed by atoms with Gasteiger partial charge in [-0.3, -0.25) is 0 Å². The van der Waals surface area contributed by atoms with Gasteiger partial charge in [0.05, 0.1) is 10.4 Å². The Morgan fingerprint density at radius 2 is 2.25 bits per heavy atom. The molecule has 2 aromatic rings. The van der Waals surface area contributed by atoms with Gasteiger partial charge < -0.3 is 10.3 Å². The van der Waals surface area contributed by atoms with E-state index in [4.69, 9.17) is 11.6 Å². The van der Waals surface area contributed by atoms with Gasteiger partial charge in [-0.25, -0.2) is 18.1 Å². The van der Waals surface area contributed by atoms with Crippen LogP contribution in [0.1, 0.15) is 13.8 Å². The number of rotatable bonds is 6. The second-order valence-electron chi connectivity index (χ2n) is 4.48. The molecule has 0 aliphatic carbocycles. The fraction of sp³-hybridized carbons (Fsp3) is 0.417. The number of likely N-dealkylation sites (N-methyl/N-ethyl adjacent to an activating group) is 1. The number of aromatic amines is 1. The number of aromatic nitrogens is 2. The molecule has 6 nitrogen and oxygen atoms in total. The van der Waals surface area contributed by atoms with Crippen LogP contribution in [-0.4, -0.2) is 37.5 Å². The Morgan fingerprint density at radius 3 is 2.95 bits per heavy atom. The molecule has 1 atom stereocenters. The van der Waals surface area contributed by atoms with E-state index in [2.05, 4.69) is 20.0 Å². The number of hydrogen-bond donors (Lipinski definition) is 3. The topological polar surface area (TPSA) is 86.9 Å². The van der Waals surface area contributed by atoms with E-state index in [9.17, 15) is 8.42 Å². The minimum Gasteiger partial charge on any atom is -0.345 e. The molecule has 0 fully saturated rings. The lowest BCUT2D eigenvalue weighted by atomic mass is 10.3. The summed E-state index contributed by atoms with van der Waals surface area (Å²) in [4.78, 5) is 6.99. The molecule has 0 aromatic carbocycles. The number of pyridine rings is 1. The van der Waals surface area contributed by atoms with Crippen molar-refractivity contribution in [2.45, 2.75) is 24.8 Å². The highest BCUT2D eigenvalue weighted by Gasteiger charge is 2.21. The summed E-state index contributed by atoms with van der Waals surface area (Å²) in [5, 5.41) is 3.91. The van der Waals surface area contributed by atoms with Gasteiger partial charge >= 0.3 is 0 Å². The molecule has 2 aromatic heterocycles. The van der Waals surface area contributed by atoms with E-state index in [-0.39, 0.29) is 10.9 Å². The van der Waals surface area contributed by atoms with Crippen molar-refractivity contribution in [3.63, 3.8) is 0 Å². The summed E-state index contributed by atoms with van der Waals surface area (Å²) in [5.74, 6) is 0. The predicted molar refractivity (Wildman–Crippen MR) is 79.4 cm³/mol. The van der Waals surface area contributed by atoms with Crippen LogP contribution in [0.15, 0.2) is 23.4 Å². The minimum absolute atomic E-state index is 0.0496. The van der Waals surface area contributed by atoms with Crippen molar-refractivity contribution in [2.75, 3.05) is 13.1 Å². The fourth-order valence-corrected chi connectivity index (χ4v) is 3.55. The van der Waals surface area contributed by atoms with Crippen LogP contribution in [0.4, 0.5) is 0 Å². The van der Waals surface area contributed by atoms with Gasteiger partial charge in [-0.15, -0.1) is 0 Å². The average molecular weight is 317 g/mol. The van der Waals surface area contributed by atoms with Gasteiger partial charge in [0.2, 0.25) is 10.0 Å². The number of nitrogens with zero attached hydrogens (tertiary/aromatic N) is 1. The zero-order valence-corrected chi connectivity index (χ0v) is 12.8. The quantitative estimate of drug-likeness (QED) is 0.753. The van der Waals surface area contributed by atoms with Gasteiger partial charge in [0.15, 0.2) is 0 Å². The molecular formula is C12H17ClN4O2S. The fourth-order valence-electron chi connectivity index (χ4n) is 1.93. The first kappa shape index (κ1) is 15.2. The molecule has 8 heteroatoms. The van der Waals surface area contributed by atoms with Crippen LogP contribution in [0.25, 0.3) is 11.0 Å². The molecule has 20 heavy (non-hydrogen) atoms. The first-order chi connectivity index (χ1) is 9.45. The SMILES string of the molecule is CCN[C@H](C)CNS(=O)(=O)c1c[nH]c2nccc(Cl)c12. The molecule has 0 aliphatic rings. The molecule has 0 unspecified atom stereocenters. The smallest absolute Gasteiger partial charge is 0.242 e. The Morgan fingerprint density at radius 1 is 1.50 bits per heavy atom. The Labute approximate surface area is 123 Å². The zero-order chi connectivity index (χ0) is 14.8. The van der Waals surface area contributed by atoms with Gasteiger partial charge in [-0.2, -0.15) is 0 Å². The summed E-state index contributed by atoms with van der Waals surface area (Å²) >= 11 is 6.06. The summed E-state index contributed by atoms with van der Waals surface area (Å²) in [6.45, 7) is 4.97. The molecule has 0 spiro atoms. The largest absolute Gasteiger partial charge is 0.345 e. The van der Waals surface area contributed by atoms with Crippen molar-refractivity contribution in [1.82, 2.24) is 20.0 Å². The summed E-state index contributed by atoms with van der Waals surface area (Å²) in [6.07, 6.45) is 2.93. The first-order valence-electron chi connectivity index (χ1n) is 6.30. The van der Waals surface area contributed by atoms with Crippen LogP contribution in [0, 0.1) is 0 Å². The minimum atomic E-state index is -3.63. The van der Waals surface area contributed by atoms with Crippen molar-refractivity contribution >= 4 is 32.7 Å². The third-order valence-corrected chi connectivity index (χ3v) is 4.67. The molecular weight excluding hydrogens is 300 g/mol. The van der Waals surface area contributed by atoms with E-state index in [1.54, 1.807) is 6.07 Å². The number of halogens is 1. The summed E-state index contributed by atoms with van der Waals surface area (Å²) < 4.78 is 27.2. The van der Waals surface area contributed by atoms with Crippen LogP contribution in [0.3, 0.4) is 0 Å². The molecule has 0 radical (unpaired) electrons. The van der Waals surface area contributed by atoms with Gasteiger partial charge in [-0.05, 0) is 19.5 Å². The maximum atomic E-state index is 12.3. The third kappa shape index (κ3) is 3.12. The maximum Gasteiger partial charge on any atom is 0.242 e. The molecule has 2 rings (SSSR count). The molecule has 110 valence electrons. The molecule has 0 bridgehead atoms. The zero-order valence-electron chi connectivity index (χ0n) is 11.3. The van der Waals surface area contributed by atoms with E-state index in [1.807, 2.05) is 13.8 Å². The van der Waals surface area contributed by atoms with E-state index in [0.717, 1.165) is 6.54 Å². The van der Waals surface area contributed by atoms with Crippen LogP contribution < -0.4 is 10.0 Å². The Bertz CT molecular complexity index is 699. The molecule has 0 saturated heterocycles. The van der Waals surface area contributed by atoms with E-state index in [1.165, 1.54) is 12.4 Å². The van der Waals surface area contributed by atoms with Crippen LogP contribution in [-0.2, 0) is 10.0 Å². The Balaban J connectivity index is 2.28.